The van der Waals surface area contributed by atoms with E-state index in [0.717, 1.165) is 0 Å². The second-order valence-corrected chi connectivity index (χ2v) is 26.7. The Hall–Kier alpha value is -13.0. The maximum absolute atomic E-state index is 2.52. The molecule has 0 nitrogen and oxygen atoms in total. The maximum atomic E-state index is 2.52. The number of rotatable bonds is 11. The molecule has 0 aromatic heterocycles. The second kappa shape index (κ2) is 23.4. The third kappa shape index (κ3) is 9.08. The van der Waals surface area contributed by atoms with E-state index < -0.39 is 0 Å². The van der Waals surface area contributed by atoms with Gasteiger partial charge in [-0.3, -0.25) is 0 Å². The van der Waals surface area contributed by atoms with Crippen LogP contribution in [-0.2, 0) is 0 Å². The van der Waals surface area contributed by atoms with Gasteiger partial charge in [0.1, 0.15) is 0 Å². The van der Waals surface area contributed by atoms with Crippen molar-refractivity contribution < 1.29 is 0 Å². The average molecular weight is 1260 g/mol. The first-order valence-corrected chi connectivity index (χ1v) is 34.8. The van der Waals surface area contributed by atoms with E-state index in [1.807, 2.05) is 0 Å². The number of benzene rings is 18. The van der Waals surface area contributed by atoms with Gasteiger partial charge in [0, 0.05) is 0 Å². The van der Waals surface area contributed by atoms with Crippen LogP contribution in [0.1, 0.15) is 0 Å². The van der Waals surface area contributed by atoms with Crippen LogP contribution in [0, 0.1) is 0 Å². The normalized spacial score (nSPS) is 11.8. The molecule has 100 heavy (non-hydrogen) atoms. The monoisotopic (exact) mass is 1260 g/mol. The summed E-state index contributed by atoms with van der Waals surface area (Å²) in [5, 5.41) is 9.94. The van der Waals surface area contributed by atoms with Gasteiger partial charge in [-0.1, -0.05) is 352 Å². The second-order valence-electron chi connectivity index (χ2n) is 26.7. The fourth-order valence-corrected chi connectivity index (χ4v) is 17.0. The molecule has 0 N–H and O–H groups in total. The van der Waals surface area contributed by atoms with Crippen molar-refractivity contribution in [2.45, 2.75) is 0 Å². The molecule has 0 saturated carbocycles. The van der Waals surface area contributed by atoms with Crippen molar-refractivity contribution in [3.63, 3.8) is 0 Å². The van der Waals surface area contributed by atoms with E-state index in [0.29, 0.717) is 0 Å². The molecular formula is C100H62. The molecule has 0 atom stereocenters. The van der Waals surface area contributed by atoms with Gasteiger partial charge in [0.25, 0.3) is 0 Å². The number of fused-ring (bicyclic) bond motifs is 8. The van der Waals surface area contributed by atoms with Gasteiger partial charge in [-0.2, -0.15) is 0 Å². The fraction of sp³-hybridized carbons (Fsp3) is 0. The van der Waals surface area contributed by atoms with Crippen LogP contribution in [0.5, 0.6) is 0 Å². The Kier molecular flexibility index (Phi) is 13.4. The highest BCUT2D eigenvalue weighted by Crippen LogP contribution is 2.63. The Labute approximate surface area is 582 Å². The van der Waals surface area contributed by atoms with Gasteiger partial charge in [-0.15, -0.1) is 0 Å². The summed E-state index contributed by atoms with van der Waals surface area (Å²) in [4.78, 5) is 0. The molecule has 0 fully saturated rings. The summed E-state index contributed by atoms with van der Waals surface area (Å²) in [6, 6.07) is 141. The summed E-state index contributed by atoms with van der Waals surface area (Å²) in [6.45, 7) is 0. The molecule has 0 amide bonds. The van der Waals surface area contributed by atoms with E-state index in [1.165, 1.54) is 210 Å². The highest BCUT2D eigenvalue weighted by molar-refractivity contribution is 6.33. The first kappa shape index (κ1) is 57.3. The minimum Gasteiger partial charge on any atom is -0.0622 e. The van der Waals surface area contributed by atoms with Gasteiger partial charge in [0.05, 0.1) is 0 Å². The van der Waals surface area contributed by atoms with Crippen LogP contribution in [0.15, 0.2) is 376 Å². The van der Waals surface area contributed by atoms with Crippen LogP contribution in [0.3, 0.4) is 0 Å². The highest BCUT2D eigenvalue weighted by Gasteiger charge is 2.35. The van der Waals surface area contributed by atoms with E-state index >= 15 is 0 Å². The minimum atomic E-state index is 1.19. The molecule has 0 spiro atoms. The van der Waals surface area contributed by atoms with Gasteiger partial charge < -0.3 is 0 Å². The summed E-state index contributed by atoms with van der Waals surface area (Å²) in [5.41, 5.74) is 36.7. The average Bonchev–Trinajstić information content (AvgIpc) is 1.50. The maximum Gasteiger partial charge on any atom is -0.000740 e. The van der Waals surface area contributed by atoms with Crippen LogP contribution in [-0.4, -0.2) is 0 Å². The summed E-state index contributed by atoms with van der Waals surface area (Å²) < 4.78 is 0. The molecule has 0 saturated heterocycles. The van der Waals surface area contributed by atoms with E-state index in [9.17, 15) is 0 Å². The largest absolute Gasteiger partial charge is 0.0622 e. The van der Waals surface area contributed by atoms with Gasteiger partial charge in [-0.05, 0) is 234 Å². The van der Waals surface area contributed by atoms with Crippen LogP contribution in [0.2, 0.25) is 0 Å². The molecule has 0 heteroatoms. The minimum absolute atomic E-state index is 1.19. The molecule has 0 unspecified atom stereocenters. The zero-order valence-corrected chi connectivity index (χ0v) is 54.8. The molecular weight excluding hydrogens is 1200 g/mol. The lowest BCUT2D eigenvalue weighted by Crippen LogP contribution is -1.96. The van der Waals surface area contributed by atoms with Crippen LogP contribution in [0.4, 0.5) is 0 Å². The van der Waals surface area contributed by atoms with Crippen LogP contribution >= 0.6 is 0 Å². The Morgan fingerprint density at radius 1 is 0.100 bits per heavy atom. The van der Waals surface area contributed by atoms with Gasteiger partial charge in [-0.25, -0.2) is 0 Å². The van der Waals surface area contributed by atoms with Crippen molar-refractivity contribution >= 4 is 43.1 Å². The first-order chi connectivity index (χ1) is 49.7. The molecule has 2 aliphatic rings. The molecule has 18 aromatic carbocycles. The van der Waals surface area contributed by atoms with Crippen molar-refractivity contribution in [2.75, 3.05) is 0 Å². The summed E-state index contributed by atoms with van der Waals surface area (Å²) in [5.74, 6) is 0. The Morgan fingerprint density at radius 2 is 0.300 bits per heavy atom. The lowest BCUT2D eigenvalue weighted by molar-refractivity contribution is 1.58. The van der Waals surface area contributed by atoms with Gasteiger partial charge in [0.2, 0.25) is 0 Å². The quantitative estimate of drug-likeness (QED) is 0.121. The Morgan fingerprint density at radius 3 is 0.570 bits per heavy atom. The first-order valence-electron chi connectivity index (χ1n) is 34.8. The molecule has 0 radical (unpaired) electrons. The lowest BCUT2D eigenvalue weighted by atomic mass is 9.80. The summed E-state index contributed by atoms with van der Waals surface area (Å²) in [6.07, 6.45) is 0. The van der Waals surface area contributed by atoms with E-state index in [2.05, 4.69) is 376 Å². The molecule has 0 heterocycles. The lowest BCUT2D eigenvalue weighted by Gasteiger charge is -2.23. The van der Waals surface area contributed by atoms with E-state index in [-0.39, 0.29) is 0 Å². The SMILES string of the molecule is c1ccc(-c2ccc(-c3c4c(c(-c5ccccc5)c5cc(-c6ccccc6)c(-c6ccccc6)cc35)-c3cccc5c(-c6ccc7c8c(cccc68)-c6c-7c(-c7ccc(-c8ccccc8)cc7)c7cc(-c8ccccc8)c(-c8ccccc8)cc7c6-c6ccccc6)ccc-4c35)cc2)cc1. The molecule has 2 aliphatic carbocycles. The third-order valence-corrected chi connectivity index (χ3v) is 21.4. The predicted molar refractivity (Wildman–Crippen MR) is 425 cm³/mol. The highest BCUT2D eigenvalue weighted by atomic mass is 14.4. The standard InChI is InChI=1S/C100H62/c1-9-27-63(28-10-1)65-47-51-73(52-48-65)93-89-61-85(69-35-17-5-18-36-69)83(67-31-13-3-14-32-67)59-87(89)91(71-39-21-7-22-40-71)97-79-45-25-43-77-75(55-57-81(95(77)79)99(93)97)76-56-58-82-96-78(76)44-26-46-80(96)98-92(72-41-23-8-24-42-72)88-60-84(68-33-15-4-16-34-68)86(70-37-19-6-20-38-70)62-90(88)94(100(82)98)74-53-49-66(50-54-74)64-29-11-2-12-30-64/h1-62H. The van der Waals surface area contributed by atoms with Crippen molar-refractivity contribution in [1.82, 2.24) is 0 Å². The van der Waals surface area contributed by atoms with Gasteiger partial charge >= 0.3 is 0 Å². The van der Waals surface area contributed by atoms with Crippen molar-refractivity contribution in [3.8, 4) is 167 Å². The number of hydrogen-bond donors (Lipinski definition) is 0. The third-order valence-electron chi connectivity index (χ3n) is 21.4. The summed E-state index contributed by atoms with van der Waals surface area (Å²) >= 11 is 0. The van der Waals surface area contributed by atoms with Crippen molar-refractivity contribution in [2.24, 2.45) is 0 Å². The molecule has 462 valence electrons. The van der Waals surface area contributed by atoms with Crippen molar-refractivity contribution in [1.29, 1.82) is 0 Å². The topological polar surface area (TPSA) is 0 Å². The van der Waals surface area contributed by atoms with Gasteiger partial charge in [0.15, 0.2) is 0 Å². The summed E-state index contributed by atoms with van der Waals surface area (Å²) in [7, 11) is 0. The van der Waals surface area contributed by atoms with Crippen LogP contribution < -0.4 is 0 Å². The molecule has 18 aromatic rings. The Balaban J connectivity index is 0.859. The van der Waals surface area contributed by atoms with E-state index in [4.69, 9.17) is 0 Å². The zero-order chi connectivity index (χ0) is 65.8. The zero-order valence-electron chi connectivity index (χ0n) is 54.8. The smallest absolute Gasteiger partial charge is 0.000740 e. The Bertz CT molecular complexity index is 5870. The molecule has 0 aliphatic heterocycles. The number of hydrogen-bond acceptors (Lipinski definition) is 0. The van der Waals surface area contributed by atoms with Crippen molar-refractivity contribution in [3.05, 3.63) is 376 Å². The van der Waals surface area contributed by atoms with E-state index in [1.54, 1.807) is 0 Å². The van der Waals surface area contributed by atoms with Crippen LogP contribution in [0.25, 0.3) is 210 Å². The fourth-order valence-electron chi connectivity index (χ4n) is 17.0. The molecule has 0 bridgehead atoms. The predicted octanol–water partition coefficient (Wildman–Crippen LogP) is 27.9. The molecule has 20 rings (SSSR count).